The molecule has 8 atom stereocenters. The topological polar surface area (TPSA) is 40.5 Å². The van der Waals surface area contributed by atoms with Crippen LogP contribution in [-0.2, 0) is 4.79 Å². The van der Waals surface area contributed by atoms with Gasteiger partial charge >= 0.3 is 0 Å². The molecular formula is C27H39NO2. The zero-order valence-corrected chi connectivity index (χ0v) is 19.2. The first kappa shape index (κ1) is 20.5. The van der Waals surface area contributed by atoms with Crippen molar-refractivity contribution in [3.63, 3.8) is 0 Å². The fraction of sp³-hybridized carbons (Fsp3) is 0.741. The normalized spacial score (nSPS) is 45.4. The molecule has 0 radical (unpaired) electrons. The number of nitrogens with zero attached hydrogens (tertiary/aromatic N) is 1. The highest BCUT2D eigenvalue weighted by Gasteiger charge is 2.59. The van der Waals surface area contributed by atoms with Crippen molar-refractivity contribution in [1.82, 2.24) is 0 Å². The minimum absolute atomic E-state index is 0.0446. The fourth-order valence-electron chi connectivity index (χ4n) is 8.41. The standard InChI is InChI=1S/C27H39NO2/c1-26(30)15-18-7-10-20-21(13-14-27(2)23(20)11-12-24(27)29)25(18)22(16-26)17-5-8-19(9-6-17)28(3)4/h5-6,8-9,18,20-23,25,30H,7,10-16H2,1-4H3/t18-,20+,21-,22-,23-,25-,26-,27-/m0/s1. The Morgan fingerprint density at radius 2 is 1.70 bits per heavy atom. The van der Waals surface area contributed by atoms with Gasteiger partial charge in [0.05, 0.1) is 5.60 Å². The number of rotatable bonds is 2. The Bertz CT molecular complexity index is 813. The molecule has 1 aromatic carbocycles. The molecule has 5 rings (SSSR count). The summed E-state index contributed by atoms with van der Waals surface area (Å²) < 4.78 is 0. The summed E-state index contributed by atoms with van der Waals surface area (Å²) >= 11 is 0. The van der Waals surface area contributed by atoms with E-state index in [0.717, 1.165) is 38.0 Å². The van der Waals surface area contributed by atoms with E-state index in [1.165, 1.54) is 30.5 Å². The van der Waals surface area contributed by atoms with E-state index in [-0.39, 0.29) is 5.41 Å². The van der Waals surface area contributed by atoms with Crippen molar-refractivity contribution in [3.8, 4) is 0 Å². The Kier molecular flexibility index (Phi) is 4.85. The van der Waals surface area contributed by atoms with E-state index in [4.69, 9.17) is 0 Å². The molecule has 0 heterocycles. The number of benzene rings is 1. The number of carbonyl (C=O) groups is 1. The largest absolute Gasteiger partial charge is 0.390 e. The maximum absolute atomic E-state index is 12.7. The maximum Gasteiger partial charge on any atom is 0.139 e. The van der Waals surface area contributed by atoms with Crippen molar-refractivity contribution >= 4 is 11.5 Å². The summed E-state index contributed by atoms with van der Waals surface area (Å²) in [6, 6.07) is 9.10. The van der Waals surface area contributed by atoms with Gasteiger partial charge in [-0.25, -0.2) is 0 Å². The third kappa shape index (κ3) is 3.15. The fourth-order valence-corrected chi connectivity index (χ4v) is 8.41. The minimum atomic E-state index is -0.564. The van der Waals surface area contributed by atoms with Crippen LogP contribution in [0.2, 0.25) is 0 Å². The second-order valence-corrected chi connectivity index (χ2v) is 11.8. The summed E-state index contributed by atoms with van der Waals surface area (Å²) in [6.45, 7) is 4.34. The van der Waals surface area contributed by atoms with E-state index >= 15 is 0 Å². The highest BCUT2D eigenvalue weighted by atomic mass is 16.3. The lowest BCUT2D eigenvalue weighted by Gasteiger charge is -2.58. The van der Waals surface area contributed by atoms with Crippen LogP contribution in [0.25, 0.3) is 0 Å². The minimum Gasteiger partial charge on any atom is -0.390 e. The van der Waals surface area contributed by atoms with Crippen LogP contribution in [0.15, 0.2) is 24.3 Å². The second kappa shape index (κ2) is 7.08. The molecule has 0 aliphatic heterocycles. The molecule has 0 aromatic heterocycles. The van der Waals surface area contributed by atoms with E-state index in [1.807, 2.05) is 0 Å². The predicted octanol–water partition coefficient (Wildman–Crippen LogP) is 5.42. The van der Waals surface area contributed by atoms with Crippen molar-refractivity contribution in [2.24, 2.45) is 35.0 Å². The maximum atomic E-state index is 12.7. The van der Waals surface area contributed by atoms with Gasteiger partial charge in [0.25, 0.3) is 0 Å². The molecule has 0 spiro atoms. The van der Waals surface area contributed by atoms with E-state index < -0.39 is 5.60 Å². The Morgan fingerprint density at radius 1 is 0.967 bits per heavy atom. The van der Waals surface area contributed by atoms with E-state index in [0.29, 0.717) is 35.4 Å². The Hall–Kier alpha value is -1.35. The van der Waals surface area contributed by atoms with Crippen molar-refractivity contribution in [1.29, 1.82) is 0 Å². The quantitative estimate of drug-likeness (QED) is 0.709. The zero-order valence-electron chi connectivity index (χ0n) is 19.2. The Morgan fingerprint density at radius 3 is 2.40 bits per heavy atom. The van der Waals surface area contributed by atoms with Gasteiger partial charge < -0.3 is 10.0 Å². The molecular weight excluding hydrogens is 370 g/mol. The van der Waals surface area contributed by atoms with E-state index in [9.17, 15) is 9.90 Å². The molecule has 0 bridgehead atoms. The summed E-state index contributed by atoms with van der Waals surface area (Å²) in [7, 11) is 4.17. The first-order valence-electron chi connectivity index (χ1n) is 12.2. The number of fused-ring (bicyclic) bond motifs is 5. The van der Waals surface area contributed by atoms with Gasteiger partial charge in [0, 0.05) is 31.6 Å². The van der Waals surface area contributed by atoms with Gasteiger partial charge in [-0.15, -0.1) is 0 Å². The summed E-state index contributed by atoms with van der Waals surface area (Å²) in [4.78, 5) is 14.9. The summed E-state index contributed by atoms with van der Waals surface area (Å²) in [5.41, 5.74) is 2.03. The van der Waals surface area contributed by atoms with Crippen LogP contribution >= 0.6 is 0 Å². The van der Waals surface area contributed by atoms with Crippen LogP contribution in [0.3, 0.4) is 0 Å². The molecule has 4 aliphatic carbocycles. The second-order valence-electron chi connectivity index (χ2n) is 11.8. The lowest BCUT2D eigenvalue weighted by Crippen LogP contribution is -2.52. The van der Waals surface area contributed by atoms with Crippen molar-refractivity contribution in [2.45, 2.75) is 76.7 Å². The molecule has 4 saturated carbocycles. The highest BCUT2D eigenvalue weighted by molar-refractivity contribution is 5.87. The average Bonchev–Trinajstić information content (AvgIpc) is 3.01. The first-order chi connectivity index (χ1) is 14.2. The lowest BCUT2D eigenvalue weighted by molar-refractivity contribution is -0.136. The summed E-state index contributed by atoms with van der Waals surface area (Å²) in [5, 5.41) is 11.2. The van der Waals surface area contributed by atoms with Gasteiger partial charge in [0.2, 0.25) is 0 Å². The van der Waals surface area contributed by atoms with Gasteiger partial charge in [0.1, 0.15) is 5.78 Å². The smallest absolute Gasteiger partial charge is 0.139 e. The van der Waals surface area contributed by atoms with Crippen LogP contribution in [0.4, 0.5) is 5.69 Å². The van der Waals surface area contributed by atoms with Gasteiger partial charge in [0.15, 0.2) is 0 Å². The molecule has 4 fully saturated rings. The van der Waals surface area contributed by atoms with Crippen LogP contribution in [0.1, 0.15) is 76.7 Å². The molecule has 1 aromatic rings. The van der Waals surface area contributed by atoms with Gasteiger partial charge in [-0.3, -0.25) is 4.79 Å². The molecule has 4 aliphatic rings. The third-order valence-corrected chi connectivity index (χ3v) is 9.77. The van der Waals surface area contributed by atoms with E-state index in [1.54, 1.807) is 0 Å². The Labute approximate surface area is 182 Å². The third-order valence-electron chi connectivity index (χ3n) is 9.77. The SMILES string of the molecule is CN(C)c1ccc([C@@H]2C[C@@](C)(O)C[C@@H]3CC[C@@H]4[C@H](CC[C@]5(C)C(=O)CC[C@@H]45)[C@H]32)cc1. The van der Waals surface area contributed by atoms with Crippen LogP contribution in [0.5, 0.6) is 0 Å². The van der Waals surface area contributed by atoms with Crippen LogP contribution < -0.4 is 4.90 Å². The van der Waals surface area contributed by atoms with Gasteiger partial charge in [-0.1, -0.05) is 19.1 Å². The van der Waals surface area contributed by atoms with Crippen molar-refractivity contribution in [2.75, 3.05) is 19.0 Å². The molecule has 164 valence electrons. The van der Waals surface area contributed by atoms with E-state index in [2.05, 4.69) is 57.1 Å². The summed E-state index contributed by atoms with van der Waals surface area (Å²) in [5.74, 6) is 4.29. The van der Waals surface area contributed by atoms with Crippen molar-refractivity contribution < 1.29 is 9.90 Å². The first-order valence-corrected chi connectivity index (χ1v) is 12.2. The van der Waals surface area contributed by atoms with Gasteiger partial charge in [-0.05, 0) is 105 Å². The number of hydrogen-bond acceptors (Lipinski definition) is 3. The number of carbonyl (C=O) groups excluding carboxylic acids is 1. The molecule has 1 N–H and O–H groups in total. The van der Waals surface area contributed by atoms with Gasteiger partial charge in [-0.2, -0.15) is 0 Å². The Balaban J connectivity index is 1.49. The van der Waals surface area contributed by atoms with Crippen molar-refractivity contribution in [3.05, 3.63) is 29.8 Å². The molecule has 0 unspecified atom stereocenters. The number of hydrogen-bond donors (Lipinski definition) is 1. The van der Waals surface area contributed by atoms with Crippen LogP contribution in [0, 0.1) is 35.0 Å². The monoisotopic (exact) mass is 409 g/mol. The molecule has 0 saturated heterocycles. The molecule has 3 heteroatoms. The summed E-state index contributed by atoms with van der Waals surface area (Å²) in [6.07, 6.45) is 8.54. The number of ketones is 1. The lowest BCUT2D eigenvalue weighted by atomic mass is 9.47. The predicted molar refractivity (Wildman–Crippen MR) is 122 cm³/mol. The average molecular weight is 410 g/mol. The zero-order chi connectivity index (χ0) is 21.3. The van der Waals surface area contributed by atoms with Crippen LogP contribution in [-0.4, -0.2) is 30.6 Å². The number of Topliss-reactive ketones (excluding diaryl/α,β-unsaturated/α-hetero) is 1. The number of aliphatic hydroxyl groups is 1. The highest BCUT2D eigenvalue weighted by Crippen LogP contribution is 2.64. The molecule has 30 heavy (non-hydrogen) atoms. The number of anilines is 1. The molecule has 3 nitrogen and oxygen atoms in total. The molecule has 0 amide bonds.